The molecule has 1 aromatic carbocycles. The third-order valence-corrected chi connectivity index (χ3v) is 5.09. The third kappa shape index (κ3) is 3.95. The van der Waals surface area contributed by atoms with Crippen molar-refractivity contribution in [3.63, 3.8) is 0 Å². The molecule has 1 fully saturated rings. The lowest BCUT2D eigenvalue weighted by Gasteiger charge is -2.13. The minimum atomic E-state index is -3.62. The van der Waals surface area contributed by atoms with Gasteiger partial charge in [-0.3, -0.25) is 4.79 Å². The van der Waals surface area contributed by atoms with Crippen LogP contribution in [0.4, 0.5) is 0 Å². The summed E-state index contributed by atoms with van der Waals surface area (Å²) in [5.41, 5.74) is 0. The molecule has 2 unspecified atom stereocenters. The van der Waals surface area contributed by atoms with Gasteiger partial charge in [0.05, 0.1) is 17.4 Å². The number of benzene rings is 1. The minimum absolute atomic E-state index is 0.157. The average Bonchev–Trinajstić information content (AvgIpc) is 2.88. The van der Waals surface area contributed by atoms with Crippen LogP contribution in [0.2, 0.25) is 0 Å². The molecule has 1 saturated carbocycles. The Kier molecular flexibility index (Phi) is 4.84. The largest absolute Gasteiger partial charge is 0.494 e. The van der Waals surface area contributed by atoms with Gasteiger partial charge in [0.25, 0.3) is 0 Å². The highest BCUT2D eigenvalue weighted by atomic mass is 32.2. The first-order chi connectivity index (χ1) is 9.92. The Hall–Kier alpha value is -1.60. The van der Waals surface area contributed by atoms with Crippen molar-refractivity contribution in [1.29, 1.82) is 0 Å². The Balaban J connectivity index is 2.03. The molecular weight excluding hydrogens is 294 g/mol. The fourth-order valence-electron chi connectivity index (χ4n) is 2.48. The van der Waals surface area contributed by atoms with Crippen molar-refractivity contribution >= 4 is 16.0 Å². The van der Waals surface area contributed by atoms with E-state index in [1.807, 2.05) is 6.92 Å². The Bertz CT molecular complexity index is 596. The molecule has 0 aliphatic heterocycles. The van der Waals surface area contributed by atoms with Gasteiger partial charge >= 0.3 is 5.97 Å². The maximum absolute atomic E-state index is 12.2. The summed E-state index contributed by atoms with van der Waals surface area (Å²) >= 11 is 0. The van der Waals surface area contributed by atoms with Crippen LogP contribution in [-0.2, 0) is 14.8 Å². The SMILES string of the molecule is CCOc1ccc(S(=O)(=O)NC2CCC(C(=O)O)C2)cc1. The Morgan fingerprint density at radius 3 is 2.52 bits per heavy atom. The Labute approximate surface area is 124 Å². The molecule has 0 radical (unpaired) electrons. The monoisotopic (exact) mass is 313 g/mol. The standard InChI is InChI=1S/C14H19NO5S/c1-2-20-12-5-7-13(8-6-12)21(18,19)15-11-4-3-10(9-11)14(16)17/h5-8,10-11,15H,2-4,9H2,1H3,(H,16,17). The second-order valence-electron chi connectivity index (χ2n) is 5.07. The lowest BCUT2D eigenvalue weighted by Crippen LogP contribution is -2.33. The molecule has 0 spiro atoms. The van der Waals surface area contributed by atoms with Crippen LogP contribution in [0.25, 0.3) is 0 Å². The summed E-state index contributed by atoms with van der Waals surface area (Å²) in [4.78, 5) is 11.0. The lowest BCUT2D eigenvalue weighted by atomic mass is 10.1. The van der Waals surface area contributed by atoms with Crippen molar-refractivity contribution in [1.82, 2.24) is 4.72 Å². The number of ether oxygens (including phenoxy) is 1. The second-order valence-corrected chi connectivity index (χ2v) is 6.78. The van der Waals surface area contributed by atoms with Crippen molar-refractivity contribution in [2.75, 3.05) is 6.61 Å². The molecule has 0 heterocycles. The maximum Gasteiger partial charge on any atom is 0.306 e. The van der Waals surface area contributed by atoms with Crippen LogP contribution in [0.3, 0.4) is 0 Å². The molecule has 0 saturated heterocycles. The first kappa shape index (κ1) is 15.8. The average molecular weight is 313 g/mol. The van der Waals surface area contributed by atoms with Crippen LogP contribution >= 0.6 is 0 Å². The molecule has 0 aromatic heterocycles. The first-order valence-electron chi connectivity index (χ1n) is 6.90. The Morgan fingerprint density at radius 2 is 2.00 bits per heavy atom. The Morgan fingerprint density at radius 1 is 1.33 bits per heavy atom. The second kappa shape index (κ2) is 6.44. The fraction of sp³-hybridized carbons (Fsp3) is 0.500. The number of carbonyl (C=O) groups is 1. The lowest BCUT2D eigenvalue weighted by molar-refractivity contribution is -0.141. The zero-order valence-corrected chi connectivity index (χ0v) is 12.6. The molecule has 7 heteroatoms. The van der Waals surface area contributed by atoms with E-state index in [9.17, 15) is 13.2 Å². The highest BCUT2D eigenvalue weighted by molar-refractivity contribution is 7.89. The predicted octanol–water partition coefficient (Wildman–Crippen LogP) is 1.62. The van der Waals surface area contributed by atoms with E-state index >= 15 is 0 Å². The van der Waals surface area contributed by atoms with Crippen LogP contribution in [0.5, 0.6) is 5.75 Å². The van der Waals surface area contributed by atoms with E-state index < -0.39 is 21.9 Å². The van der Waals surface area contributed by atoms with Crippen molar-refractivity contribution < 1.29 is 23.1 Å². The van der Waals surface area contributed by atoms with Crippen LogP contribution in [0.15, 0.2) is 29.2 Å². The van der Waals surface area contributed by atoms with Gasteiger partial charge in [-0.05, 0) is 50.5 Å². The van der Waals surface area contributed by atoms with E-state index in [-0.39, 0.29) is 10.9 Å². The van der Waals surface area contributed by atoms with Gasteiger partial charge in [-0.2, -0.15) is 0 Å². The van der Waals surface area contributed by atoms with Gasteiger partial charge in [-0.15, -0.1) is 0 Å². The van der Waals surface area contributed by atoms with Crippen LogP contribution in [0.1, 0.15) is 26.2 Å². The third-order valence-electron chi connectivity index (χ3n) is 3.55. The molecule has 0 amide bonds. The minimum Gasteiger partial charge on any atom is -0.494 e. The molecular formula is C14H19NO5S. The molecule has 2 rings (SSSR count). The fourth-order valence-corrected chi connectivity index (χ4v) is 3.77. The first-order valence-corrected chi connectivity index (χ1v) is 8.38. The molecule has 1 aliphatic rings. The van der Waals surface area contributed by atoms with E-state index in [0.29, 0.717) is 31.6 Å². The van der Waals surface area contributed by atoms with E-state index in [1.54, 1.807) is 12.1 Å². The van der Waals surface area contributed by atoms with Crippen LogP contribution < -0.4 is 9.46 Å². The number of hydrogen-bond acceptors (Lipinski definition) is 4. The summed E-state index contributed by atoms with van der Waals surface area (Å²) in [5.74, 6) is -0.709. The van der Waals surface area contributed by atoms with Gasteiger partial charge in [0.15, 0.2) is 0 Å². The molecule has 6 nitrogen and oxygen atoms in total. The topological polar surface area (TPSA) is 92.7 Å². The van der Waals surface area contributed by atoms with Gasteiger partial charge in [-0.25, -0.2) is 13.1 Å². The number of carboxylic acid groups (broad SMARTS) is 1. The van der Waals surface area contributed by atoms with Crippen molar-refractivity contribution in [2.24, 2.45) is 5.92 Å². The van der Waals surface area contributed by atoms with E-state index in [2.05, 4.69) is 4.72 Å². The van der Waals surface area contributed by atoms with Gasteiger partial charge in [0, 0.05) is 6.04 Å². The van der Waals surface area contributed by atoms with Gasteiger partial charge in [0.2, 0.25) is 10.0 Å². The summed E-state index contributed by atoms with van der Waals surface area (Å²) < 4.78 is 32.3. The molecule has 2 atom stereocenters. The van der Waals surface area contributed by atoms with Crippen molar-refractivity contribution in [2.45, 2.75) is 37.1 Å². The summed E-state index contributed by atoms with van der Waals surface area (Å²) in [6, 6.07) is 5.86. The number of rotatable bonds is 6. The van der Waals surface area contributed by atoms with Crippen LogP contribution in [-0.4, -0.2) is 32.1 Å². The normalized spacial score (nSPS) is 22.1. The van der Waals surface area contributed by atoms with Crippen molar-refractivity contribution in [3.8, 4) is 5.75 Å². The highest BCUT2D eigenvalue weighted by Crippen LogP contribution is 2.27. The van der Waals surface area contributed by atoms with Crippen molar-refractivity contribution in [3.05, 3.63) is 24.3 Å². The number of hydrogen-bond donors (Lipinski definition) is 2. The summed E-state index contributed by atoms with van der Waals surface area (Å²) in [5, 5.41) is 8.94. The van der Waals surface area contributed by atoms with Gasteiger partial charge in [-0.1, -0.05) is 0 Å². The van der Waals surface area contributed by atoms with E-state index in [4.69, 9.17) is 9.84 Å². The predicted molar refractivity (Wildman–Crippen MR) is 76.7 cm³/mol. The zero-order valence-electron chi connectivity index (χ0n) is 11.8. The summed E-state index contributed by atoms with van der Waals surface area (Å²) in [6.07, 6.45) is 1.39. The molecule has 0 bridgehead atoms. The highest BCUT2D eigenvalue weighted by Gasteiger charge is 2.32. The number of aliphatic carboxylic acids is 1. The number of sulfonamides is 1. The zero-order chi connectivity index (χ0) is 15.5. The quantitative estimate of drug-likeness (QED) is 0.832. The molecule has 1 aromatic rings. The number of carboxylic acids is 1. The molecule has 116 valence electrons. The van der Waals surface area contributed by atoms with Gasteiger partial charge < -0.3 is 9.84 Å². The summed E-state index contributed by atoms with van der Waals surface area (Å²) in [7, 11) is -3.62. The number of nitrogens with one attached hydrogen (secondary N) is 1. The van der Waals surface area contributed by atoms with E-state index in [1.165, 1.54) is 12.1 Å². The van der Waals surface area contributed by atoms with Gasteiger partial charge in [0.1, 0.15) is 5.75 Å². The van der Waals surface area contributed by atoms with Crippen LogP contribution in [0, 0.1) is 5.92 Å². The smallest absolute Gasteiger partial charge is 0.306 e. The molecule has 1 aliphatic carbocycles. The molecule has 2 N–H and O–H groups in total. The maximum atomic E-state index is 12.2. The summed E-state index contributed by atoms with van der Waals surface area (Å²) in [6.45, 7) is 2.37. The van der Waals surface area contributed by atoms with E-state index in [0.717, 1.165) is 0 Å². The molecule has 21 heavy (non-hydrogen) atoms.